The maximum atomic E-state index is 10.9. The number of carbonyl (C=O) groups is 1. The summed E-state index contributed by atoms with van der Waals surface area (Å²) in [4.78, 5) is 10.9. The molecule has 2 rings (SSSR count). The number of carboxylic acid groups (broad SMARTS) is 1. The fourth-order valence-electron chi connectivity index (χ4n) is 1.94. The number of aryl methyl sites for hydroxylation is 1. The number of anilines is 2. The van der Waals surface area contributed by atoms with Gasteiger partial charge < -0.3 is 10.4 Å². The van der Waals surface area contributed by atoms with E-state index in [9.17, 15) is 4.79 Å². The molecule has 0 aliphatic heterocycles. The van der Waals surface area contributed by atoms with Crippen molar-refractivity contribution in [3.8, 4) is 6.07 Å². The van der Waals surface area contributed by atoms with E-state index >= 15 is 0 Å². The molecule has 2 N–H and O–H groups in total. The van der Waals surface area contributed by atoms with Crippen LogP contribution in [0.25, 0.3) is 0 Å². The van der Waals surface area contributed by atoms with E-state index in [1.54, 1.807) is 24.3 Å². The summed E-state index contributed by atoms with van der Waals surface area (Å²) in [5, 5.41) is 20.9. The molecule has 0 fully saturated rings. The standard InChI is InChI=1S/C16H14N2O2/c1-11-2-7-15(13(8-11)9-16(19)20)18-14-5-3-12(10-17)4-6-14/h2-8,18H,9H2,1H3,(H,19,20). The van der Waals surface area contributed by atoms with Crippen molar-refractivity contribution in [2.45, 2.75) is 13.3 Å². The summed E-state index contributed by atoms with van der Waals surface area (Å²) in [5.74, 6) is -0.863. The average molecular weight is 266 g/mol. The first-order valence-electron chi connectivity index (χ1n) is 6.17. The molecule has 0 saturated heterocycles. The van der Waals surface area contributed by atoms with Gasteiger partial charge in [-0.05, 0) is 42.8 Å². The molecule has 20 heavy (non-hydrogen) atoms. The topological polar surface area (TPSA) is 73.1 Å². The molecule has 0 atom stereocenters. The van der Waals surface area contributed by atoms with Crippen molar-refractivity contribution in [3.63, 3.8) is 0 Å². The molecule has 0 aromatic heterocycles. The van der Waals surface area contributed by atoms with Gasteiger partial charge in [0.2, 0.25) is 0 Å². The zero-order chi connectivity index (χ0) is 14.5. The number of rotatable bonds is 4. The molecule has 0 spiro atoms. The molecular weight excluding hydrogens is 252 g/mol. The number of aliphatic carboxylic acids is 1. The Morgan fingerprint density at radius 2 is 1.95 bits per heavy atom. The molecule has 2 aromatic rings. The molecule has 0 aliphatic carbocycles. The number of hydrogen-bond donors (Lipinski definition) is 2. The van der Waals surface area contributed by atoms with Gasteiger partial charge in [-0.2, -0.15) is 5.26 Å². The van der Waals surface area contributed by atoms with Crippen LogP contribution in [0.15, 0.2) is 42.5 Å². The second kappa shape index (κ2) is 5.89. The Bertz CT molecular complexity index is 670. The number of carboxylic acids is 1. The van der Waals surface area contributed by atoms with E-state index < -0.39 is 5.97 Å². The highest BCUT2D eigenvalue weighted by atomic mass is 16.4. The summed E-state index contributed by atoms with van der Waals surface area (Å²) in [6.45, 7) is 1.93. The van der Waals surface area contributed by atoms with Gasteiger partial charge in [0.1, 0.15) is 0 Å². The molecule has 0 radical (unpaired) electrons. The monoisotopic (exact) mass is 266 g/mol. The van der Waals surface area contributed by atoms with Gasteiger partial charge in [-0.15, -0.1) is 0 Å². The lowest BCUT2D eigenvalue weighted by Crippen LogP contribution is -2.04. The first-order valence-corrected chi connectivity index (χ1v) is 6.17. The normalized spacial score (nSPS) is 9.80. The van der Waals surface area contributed by atoms with E-state index in [4.69, 9.17) is 10.4 Å². The predicted octanol–water partition coefficient (Wildman–Crippen LogP) is 3.24. The largest absolute Gasteiger partial charge is 0.481 e. The lowest BCUT2D eigenvalue weighted by Gasteiger charge is -2.12. The van der Waals surface area contributed by atoms with Crippen LogP contribution in [0, 0.1) is 18.3 Å². The molecular formula is C16H14N2O2. The van der Waals surface area contributed by atoms with Crippen molar-refractivity contribution in [2.24, 2.45) is 0 Å². The number of nitrogens with zero attached hydrogens (tertiary/aromatic N) is 1. The molecule has 0 aliphatic rings. The van der Waals surface area contributed by atoms with Crippen molar-refractivity contribution in [1.29, 1.82) is 5.26 Å². The lowest BCUT2D eigenvalue weighted by atomic mass is 10.1. The van der Waals surface area contributed by atoms with Crippen LogP contribution in [0.2, 0.25) is 0 Å². The van der Waals surface area contributed by atoms with E-state index in [0.29, 0.717) is 5.56 Å². The van der Waals surface area contributed by atoms with Crippen LogP contribution in [0.5, 0.6) is 0 Å². The first-order chi connectivity index (χ1) is 9.58. The second-order valence-corrected chi connectivity index (χ2v) is 4.55. The summed E-state index contributed by atoms with van der Waals surface area (Å²) in [6, 6.07) is 14.7. The van der Waals surface area contributed by atoms with Gasteiger partial charge in [0, 0.05) is 11.4 Å². The van der Waals surface area contributed by atoms with E-state index in [0.717, 1.165) is 22.5 Å². The van der Waals surface area contributed by atoms with Gasteiger partial charge in [-0.3, -0.25) is 4.79 Å². The first kappa shape index (κ1) is 13.6. The van der Waals surface area contributed by atoms with Crippen molar-refractivity contribution >= 4 is 17.3 Å². The maximum absolute atomic E-state index is 10.9. The summed E-state index contributed by atoms with van der Waals surface area (Å²) >= 11 is 0. The van der Waals surface area contributed by atoms with Crippen molar-refractivity contribution in [1.82, 2.24) is 0 Å². The molecule has 0 heterocycles. The third-order valence-electron chi connectivity index (χ3n) is 2.90. The minimum Gasteiger partial charge on any atom is -0.481 e. The number of hydrogen-bond acceptors (Lipinski definition) is 3. The molecule has 100 valence electrons. The Morgan fingerprint density at radius 1 is 1.25 bits per heavy atom. The van der Waals surface area contributed by atoms with Crippen LogP contribution in [0.3, 0.4) is 0 Å². The van der Waals surface area contributed by atoms with Crippen LogP contribution in [0.4, 0.5) is 11.4 Å². The van der Waals surface area contributed by atoms with E-state index in [1.165, 1.54) is 0 Å². The highest BCUT2D eigenvalue weighted by molar-refractivity contribution is 5.75. The Hall–Kier alpha value is -2.80. The smallest absolute Gasteiger partial charge is 0.307 e. The zero-order valence-electron chi connectivity index (χ0n) is 11.1. The third kappa shape index (κ3) is 3.36. The number of nitrogens with one attached hydrogen (secondary N) is 1. The SMILES string of the molecule is Cc1ccc(Nc2ccc(C#N)cc2)c(CC(=O)O)c1. The van der Waals surface area contributed by atoms with Crippen molar-refractivity contribution in [3.05, 3.63) is 59.2 Å². The van der Waals surface area contributed by atoms with E-state index in [2.05, 4.69) is 11.4 Å². The van der Waals surface area contributed by atoms with Gasteiger partial charge in [0.25, 0.3) is 0 Å². The molecule has 0 saturated carbocycles. The third-order valence-corrected chi connectivity index (χ3v) is 2.90. The second-order valence-electron chi connectivity index (χ2n) is 4.55. The van der Waals surface area contributed by atoms with Crippen LogP contribution < -0.4 is 5.32 Å². The van der Waals surface area contributed by atoms with E-state index in [1.807, 2.05) is 25.1 Å². The average Bonchev–Trinajstić information content (AvgIpc) is 2.42. The summed E-state index contributed by atoms with van der Waals surface area (Å²) in [7, 11) is 0. The quantitative estimate of drug-likeness (QED) is 0.891. The van der Waals surface area contributed by atoms with Crippen molar-refractivity contribution in [2.75, 3.05) is 5.32 Å². The Balaban J connectivity index is 2.27. The molecule has 0 amide bonds. The Labute approximate surface area is 117 Å². The van der Waals surface area contributed by atoms with Crippen molar-refractivity contribution < 1.29 is 9.90 Å². The molecule has 0 unspecified atom stereocenters. The maximum Gasteiger partial charge on any atom is 0.307 e. The Morgan fingerprint density at radius 3 is 2.55 bits per heavy atom. The van der Waals surface area contributed by atoms with Crippen LogP contribution in [-0.4, -0.2) is 11.1 Å². The molecule has 4 nitrogen and oxygen atoms in total. The summed E-state index contributed by atoms with van der Waals surface area (Å²) < 4.78 is 0. The zero-order valence-corrected chi connectivity index (χ0v) is 11.1. The highest BCUT2D eigenvalue weighted by Gasteiger charge is 2.07. The molecule has 4 heteroatoms. The molecule has 2 aromatic carbocycles. The van der Waals surface area contributed by atoms with Crippen LogP contribution >= 0.6 is 0 Å². The summed E-state index contributed by atoms with van der Waals surface area (Å²) in [6.07, 6.45) is -0.0275. The van der Waals surface area contributed by atoms with Gasteiger partial charge in [-0.1, -0.05) is 17.7 Å². The van der Waals surface area contributed by atoms with Gasteiger partial charge in [0.15, 0.2) is 0 Å². The van der Waals surface area contributed by atoms with E-state index in [-0.39, 0.29) is 6.42 Å². The fraction of sp³-hybridized carbons (Fsp3) is 0.125. The molecule has 0 bridgehead atoms. The minimum atomic E-state index is -0.863. The lowest BCUT2D eigenvalue weighted by molar-refractivity contribution is -0.136. The predicted molar refractivity (Wildman–Crippen MR) is 77.0 cm³/mol. The fourth-order valence-corrected chi connectivity index (χ4v) is 1.94. The number of nitriles is 1. The highest BCUT2D eigenvalue weighted by Crippen LogP contribution is 2.23. The van der Waals surface area contributed by atoms with Gasteiger partial charge in [-0.25, -0.2) is 0 Å². The van der Waals surface area contributed by atoms with Crippen LogP contribution in [0.1, 0.15) is 16.7 Å². The summed E-state index contributed by atoms with van der Waals surface area (Å²) in [5.41, 5.74) is 3.93. The van der Waals surface area contributed by atoms with Gasteiger partial charge >= 0.3 is 5.97 Å². The van der Waals surface area contributed by atoms with Gasteiger partial charge in [0.05, 0.1) is 18.1 Å². The Kier molecular flexibility index (Phi) is 4.02. The van der Waals surface area contributed by atoms with Crippen LogP contribution in [-0.2, 0) is 11.2 Å². The number of benzene rings is 2. The minimum absolute atomic E-state index is 0.0275.